The van der Waals surface area contributed by atoms with E-state index in [9.17, 15) is 0 Å². The van der Waals surface area contributed by atoms with Crippen molar-refractivity contribution in [2.75, 3.05) is 6.54 Å². The van der Waals surface area contributed by atoms with Gasteiger partial charge in [0.05, 0.1) is 0 Å². The molecule has 1 N–H and O–H groups in total. The minimum Gasteiger partial charge on any atom is -0.314 e. The first kappa shape index (κ1) is 18.0. The molecule has 0 bridgehead atoms. The topological polar surface area (TPSA) is 12.0 Å². The highest BCUT2D eigenvalue weighted by Gasteiger charge is 2.18. The first-order valence-corrected chi connectivity index (χ1v) is 9.53. The number of unbranched alkanes of at least 4 members (excludes halogenated alkanes) is 1. The molecular formula is C19H39N. The smallest absolute Gasteiger partial charge is 0.00696 e. The lowest BCUT2D eigenvalue weighted by atomic mass is 9.83. The van der Waals surface area contributed by atoms with Crippen molar-refractivity contribution < 1.29 is 0 Å². The second-order valence-electron chi connectivity index (χ2n) is 6.99. The van der Waals surface area contributed by atoms with Gasteiger partial charge in [-0.1, -0.05) is 78.6 Å². The van der Waals surface area contributed by atoms with E-state index in [-0.39, 0.29) is 0 Å². The van der Waals surface area contributed by atoms with Gasteiger partial charge < -0.3 is 5.32 Å². The molecule has 20 heavy (non-hydrogen) atoms. The third kappa shape index (κ3) is 7.67. The molecule has 0 aromatic heterocycles. The molecule has 0 heterocycles. The van der Waals surface area contributed by atoms with E-state index in [1.54, 1.807) is 0 Å². The van der Waals surface area contributed by atoms with E-state index < -0.39 is 0 Å². The molecule has 0 radical (unpaired) electrons. The van der Waals surface area contributed by atoms with Crippen LogP contribution < -0.4 is 5.32 Å². The maximum Gasteiger partial charge on any atom is 0.00696 e. The largest absolute Gasteiger partial charge is 0.314 e. The third-order valence-electron chi connectivity index (χ3n) is 5.30. The van der Waals surface area contributed by atoms with Gasteiger partial charge in [-0.15, -0.1) is 0 Å². The minimum atomic E-state index is 0.781. The molecule has 0 aromatic rings. The van der Waals surface area contributed by atoms with Crippen LogP contribution in [-0.2, 0) is 0 Å². The van der Waals surface area contributed by atoms with Crippen LogP contribution in [0, 0.1) is 11.8 Å². The van der Waals surface area contributed by atoms with E-state index in [1.807, 2.05) is 0 Å². The third-order valence-corrected chi connectivity index (χ3v) is 5.30. The van der Waals surface area contributed by atoms with Crippen molar-refractivity contribution in [1.29, 1.82) is 0 Å². The first-order chi connectivity index (χ1) is 9.80. The summed E-state index contributed by atoms with van der Waals surface area (Å²) in [4.78, 5) is 0. The van der Waals surface area contributed by atoms with Gasteiger partial charge in [-0.05, 0) is 37.6 Å². The Labute approximate surface area is 128 Å². The summed E-state index contributed by atoms with van der Waals surface area (Å²) in [5.41, 5.74) is 0. The van der Waals surface area contributed by atoms with Crippen LogP contribution in [0.25, 0.3) is 0 Å². The zero-order valence-electron chi connectivity index (χ0n) is 14.4. The number of nitrogens with one attached hydrogen (secondary N) is 1. The lowest BCUT2D eigenvalue weighted by molar-refractivity contribution is 0.287. The van der Waals surface area contributed by atoms with Crippen LogP contribution in [0.2, 0.25) is 0 Å². The van der Waals surface area contributed by atoms with Gasteiger partial charge in [0.25, 0.3) is 0 Å². The van der Waals surface area contributed by atoms with Crippen molar-refractivity contribution in [2.45, 2.75) is 104 Å². The van der Waals surface area contributed by atoms with Crippen molar-refractivity contribution >= 4 is 0 Å². The predicted octanol–water partition coefficient (Wildman–Crippen LogP) is 5.93. The molecule has 2 unspecified atom stereocenters. The average Bonchev–Trinajstić information content (AvgIpc) is 2.50. The summed E-state index contributed by atoms with van der Waals surface area (Å²) in [6, 6.07) is 0.781. The fraction of sp³-hybridized carbons (Fsp3) is 1.00. The zero-order chi connectivity index (χ0) is 14.6. The molecule has 0 saturated heterocycles. The van der Waals surface area contributed by atoms with Gasteiger partial charge in [-0.3, -0.25) is 0 Å². The maximum atomic E-state index is 3.76. The van der Waals surface area contributed by atoms with Crippen LogP contribution >= 0.6 is 0 Å². The molecule has 1 heteroatoms. The van der Waals surface area contributed by atoms with Gasteiger partial charge >= 0.3 is 0 Å². The summed E-state index contributed by atoms with van der Waals surface area (Å²) in [6.07, 6.45) is 17.4. The van der Waals surface area contributed by atoms with Crippen molar-refractivity contribution in [1.82, 2.24) is 5.32 Å². The van der Waals surface area contributed by atoms with E-state index in [0.29, 0.717) is 0 Å². The number of hydrogen-bond acceptors (Lipinski definition) is 1. The highest BCUT2D eigenvalue weighted by molar-refractivity contribution is 4.74. The fourth-order valence-corrected chi connectivity index (χ4v) is 3.89. The Hall–Kier alpha value is -0.0400. The van der Waals surface area contributed by atoms with Crippen molar-refractivity contribution in [3.63, 3.8) is 0 Å². The Bertz CT molecular complexity index is 208. The molecular weight excluding hydrogens is 242 g/mol. The zero-order valence-corrected chi connectivity index (χ0v) is 14.4. The van der Waals surface area contributed by atoms with E-state index >= 15 is 0 Å². The van der Waals surface area contributed by atoms with E-state index in [2.05, 4.69) is 26.1 Å². The minimum absolute atomic E-state index is 0.781. The molecule has 0 spiro atoms. The Morgan fingerprint density at radius 2 is 1.75 bits per heavy atom. The average molecular weight is 282 g/mol. The molecule has 2 atom stereocenters. The molecule has 120 valence electrons. The van der Waals surface area contributed by atoms with Crippen LogP contribution in [0.15, 0.2) is 0 Å². The summed E-state index contributed by atoms with van der Waals surface area (Å²) < 4.78 is 0. The standard InChI is InChI=1S/C19H39N/c1-4-7-11-17(5-2)16-19(20-6-3)15-14-18-12-9-8-10-13-18/h17-20H,4-16H2,1-3H3. The number of hydrogen-bond donors (Lipinski definition) is 1. The second-order valence-corrected chi connectivity index (χ2v) is 6.99. The quantitative estimate of drug-likeness (QED) is 0.495. The molecule has 1 aliphatic rings. The Balaban J connectivity index is 2.29. The monoisotopic (exact) mass is 281 g/mol. The summed E-state index contributed by atoms with van der Waals surface area (Å²) >= 11 is 0. The molecule has 1 aliphatic carbocycles. The normalized spacial score (nSPS) is 19.9. The fourth-order valence-electron chi connectivity index (χ4n) is 3.89. The van der Waals surface area contributed by atoms with E-state index in [1.165, 1.54) is 77.0 Å². The van der Waals surface area contributed by atoms with Gasteiger partial charge in [0, 0.05) is 6.04 Å². The highest BCUT2D eigenvalue weighted by atomic mass is 14.9. The van der Waals surface area contributed by atoms with Gasteiger partial charge in [0.1, 0.15) is 0 Å². The first-order valence-electron chi connectivity index (χ1n) is 9.53. The second kappa shape index (κ2) is 11.6. The van der Waals surface area contributed by atoms with E-state index in [0.717, 1.165) is 24.4 Å². The molecule has 1 saturated carbocycles. The number of rotatable bonds is 11. The molecule has 1 rings (SSSR count). The van der Waals surface area contributed by atoms with Crippen LogP contribution in [0.4, 0.5) is 0 Å². The van der Waals surface area contributed by atoms with Crippen molar-refractivity contribution in [2.24, 2.45) is 11.8 Å². The highest BCUT2D eigenvalue weighted by Crippen LogP contribution is 2.29. The molecule has 1 nitrogen and oxygen atoms in total. The Kier molecular flexibility index (Phi) is 10.4. The Morgan fingerprint density at radius 1 is 1.00 bits per heavy atom. The van der Waals surface area contributed by atoms with E-state index in [4.69, 9.17) is 0 Å². The predicted molar refractivity (Wildman–Crippen MR) is 91.2 cm³/mol. The van der Waals surface area contributed by atoms with Crippen molar-refractivity contribution in [3.8, 4) is 0 Å². The summed E-state index contributed by atoms with van der Waals surface area (Å²) in [5, 5.41) is 3.76. The molecule has 1 fully saturated rings. The summed E-state index contributed by atoms with van der Waals surface area (Å²) in [7, 11) is 0. The SMILES string of the molecule is CCCCC(CC)CC(CCC1CCCCC1)NCC. The van der Waals surface area contributed by atoms with Gasteiger partial charge in [-0.2, -0.15) is 0 Å². The van der Waals surface area contributed by atoms with Crippen LogP contribution in [0.5, 0.6) is 0 Å². The van der Waals surface area contributed by atoms with Gasteiger partial charge in [0.2, 0.25) is 0 Å². The van der Waals surface area contributed by atoms with Crippen LogP contribution in [0.1, 0.15) is 97.8 Å². The van der Waals surface area contributed by atoms with Crippen molar-refractivity contribution in [3.05, 3.63) is 0 Å². The summed E-state index contributed by atoms with van der Waals surface area (Å²) in [5.74, 6) is 1.99. The molecule has 0 aromatic carbocycles. The van der Waals surface area contributed by atoms with Gasteiger partial charge in [0.15, 0.2) is 0 Å². The Morgan fingerprint density at radius 3 is 2.35 bits per heavy atom. The molecule has 0 aliphatic heterocycles. The summed E-state index contributed by atoms with van der Waals surface area (Å²) in [6.45, 7) is 8.10. The lowest BCUT2D eigenvalue weighted by Crippen LogP contribution is -2.31. The van der Waals surface area contributed by atoms with Crippen LogP contribution in [0.3, 0.4) is 0 Å². The maximum absolute atomic E-state index is 3.76. The molecule has 0 amide bonds. The lowest BCUT2D eigenvalue weighted by Gasteiger charge is -2.27. The van der Waals surface area contributed by atoms with Gasteiger partial charge in [-0.25, -0.2) is 0 Å². The van der Waals surface area contributed by atoms with Crippen LogP contribution in [-0.4, -0.2) is 12.6 Å².